The van der Waals surface area contributed by atoms with Gasteiger partial charge in [0.15, 0.2) is 5.13 Å². The molecule has 1 fully saturated rings. The molecule has 3 rings (SSSR count). The van der Waals surface area contributed by atoms with Gasteiger partial charge in [-0.25, -0.2) is 4.98 Å². The van der Waals surface area contributed by atoms with Crippen LogP contribution in [0.4, 0.5) is 18.3 Å². The van der Waals surface area contributed by atoms with Gasteiger partial charge in [0.05, 0.1) is 11.3 Å². The van der Waals surface area contributed by atoms with E-state index in [0.717, 1.165) is 25.0 Å². The van der Waals surface area contributed by atoms with Crippen molar-refractivity contribution < 1.29 is 18.0 Å². The summed E-state index contributed by atoms with van der Waals surface area (Å²) in [5.41, 5.74) is 5.85. The van der Waals surface area contributed by atoms with Crippen molar-refractivity contribution in [3.05, 3.63) is 35.2 Å². The zero-order valence-electron chi connectivity index (χ0n) is 13.0. The summed E-state index contributed by atoms with van der Waals surface area (Å²) in [6.07, 6.45) is -2.17. The van der Waals surface area contributed by atoms with Crippen LogP contribution in [0.1, 0.15) is 24.8 Å². The highest BCUT2D eigenvalue weighted by molar-refractivity contribution is 7.14. The van der Waals surface area contributed by atoms with E-state index in [0.29, 0.717) is 22.8 Å². The van der Waals surface area contributed by atoms with E-state index in [-0.39, 0.29) is 30.3 Å². The minimum absolute atomic E-state index is 0. The quantitative estimate of drug-likeness (QED) is 0.818. The maximum atomic E-state index is 12.8. The van der Waals surface area contributed by atoms with Gasteiger partial charge in [-0.3, -0.25) is 4.79 Å². The molecule has 3 N–H and O–H groups in total. The number of rotatable bonds is 3. The van der Waals surface area contributed by atoms with Crippen LogP contribution in [0.3, 0.4) is 0 Å². The van der Waals surface area contributed by atoms with Gasteiger partial charge in [0.2, 0.25) is 5.91 Å². The maximum Gasteiger partial charge on any atom is 0.416 e. The first-order valence-electron chi connectivity index (χ1n) is 7.52. The van der Waals surface area contributed by atoms with Crippen molar-refractivity contribution in [3.63, 3.8) is 0 Å². The summed E-state index contributed by atoms with van der Waals surface area (Å²) in [6.45, 7) is 0. The van der Waals surface area contributed by atoms with E-state index >= 15 is 0 Å². The summed E-state index contributed by atoms with van der Waals surface area (Å²) in [5, 5.41) is 4.74. The fourth-order valence-corrected chi connectivity index (χ4v) is 3.50. The fraction of sp³-hybridized carbons (Fsp3) is 0.375. The lowest BCUT2D eigenvalue weighted by Gasteiger charge is -2.08. The maximum absolute atomic E-state index is 12.8. The molecule has 1 amide bonds. The van der Waals surface area contributed by atoms with Crippen LogP contribution in [-0.2, 0) is 11.0 Å². The summed E-state index contributed by atoms with van der Waals surface area (Å²) >= 11 is 1.19. The minimum Gasteiger partial charge on any atom is -0.328 e. The molecule has 2 atom stereocenters. The Morgan fingerprint density at radius 1 is 1.32 bits per heavy atom. The number of hydrogen-bond acceptors (Lipinski definition) is 4. The molecule has 1 heterocycles. The number of nitrogens with one attached hydrogen (secondary N) is 1. The van der Waals surface area contributed by atoms with Crippen LogP contribution in [0.2, 0.25) is 0 Å². The molecule has 1 aliphatic rings. The average Bonchev–Trinajstić information content (AvgIpc) is 3.16. The Hall–Kier alpha value is -1.64. The van der Waals surface area contributed by atoms with Gasteiger partial charge < -0.3 is 11.1 Å². The predicted octanol–water partition coefficient (Wildman–Crippen LogP) is 4.32. The Morgan fingerprint density at radius 2 is 2.08 bits per heavy atom. The summed E-state index contributed by atoms with van der Waals surface area (Å²) in [6, 6.07) is 5.03. The van der Waals surface area contributed by atoms with Crippen LogP contribution in [-0.4, -0.2) is 16.9 Å². The lowest BCUT2D eigenvalue weighted by Crippen LogP contribution is -2.23. The smallest absolute Gasteiger partial charge is 0.328 e. The average molecular weight is 392 g/mol. The first-order valence-corrected chi connectivity index (χ1v) is 8.40. The third-order valence-corrected chi connectivity index (χ3v) is 4.82. The molecular weight excluding hydrogens is 375 g/mol. The number of carbonyl (C=O) groups is 1. The van der Waals surface area contributed by atoms with Gasteiger partial charge in [-0.1, -0.05) is 12.1 Å². The molecule has 1 aliphatic carbocycles. The molecule has 1 saturated carbocycles. The van der Waals surface area contributed by atoms with Crippen molar-refractivity contribution >= 4 is 34.8 Å². The first kappa shape index (κ1) is 19.7. The van der Waals surface area contributed by atoms with E-state index < -0.39 is 11.7 Å². The highest BCUT2D eigenvalue weighted by atomic mass is 35.5. The molecule has 0 saturated heterocycles. The molecular formula is C16H17ClF3N3OS. The third-order valence-electron chi connectivity index (χ3n) is 4.06. The number of aromatic nitrogens is 1. The molecule has 1 aromatic heterocycles. The first-order chi connectivity index (χ1) is 11.3. The van der Waals surface area contributed by atoms with Crippen LogP contribution in [0.5, 0.6) is 0 Å². The van der Waals surface area contributed by atoms with E-state index in [4.69, 9.17) is 5.73 Å². The number of alkyl halides is 3. The van der Waals surface area contributed by atoms with Crippen LogP contribution in [0.15, 0.2) is 29.6 Å². The van der Waals surface area contributed by atoms with E-state index in [1.807, 2.05) is 0 Å². The van der Waals surface area contributed by atoms with E-state index in [1.54, 1.807) is 11.4 Å². The van der Waals surface area contributed by atoms with E-state index in [1.165, 1.54) is 17.4 Å². The van der Waals surface area contributed by atoms with Crippen molar-refractivity contribution in [1.82, 2.24) is 4.98 Å². The van der Waals surface area contributed by atoms with Crippen LogP contribution >= 0.6 is 23.7 Å². The molecule has 0 bridgehead atoms. The number of carbonyl (C=O) groups excluding carboxylic acids is 1. The molecule has 1 aromatic carbocycles. The molecule has 2 unspecified atom stereocenters. The van der Waals surface area contributed by atoms with Gasteiger partial charge in [-0.05, 0) is 31.4 Å². The Kier molecular flexibility index (Phi) is 6.08. The molecule has 0 aliphatic heterocycles. The number of hydrogen-bond donors (Lipinski definition) is 2. The number of anilines is 1. The number of amides is 1. The molecule has 25 heavy (non-hydrogen) atoms. The molecule has 9 heteroatoms. The van der Waals surface area contributed by atoms with E-state index in [2.05, 4.69) is 10.3 Å². The highest BCUT2D eigenvalue weighted by Gasteiger charge is 2.31. The fourth-order valence-electron chi connectivity index (χ4n) is 2.78. The van der Waals surface area contributed by atoms with Crippen LogP contribution < -0.4 is 11.1 Å². The minimum atomic E-state index is -4.40. The standard InChI is InChI=1S/C16H16F3N3OS.ClH/c17-16(18,19)11-3-1-2-9(6-11)13-8-24-15(21-13)22-14(23)10-4-5-12(20)7-10;/h1-3,6,8,10,12H,4-5,7,20H2,(H,21,22,23);1H. The topological polar surface area (TPSA) is 68.0 Å². The second-order valence-electron chi connectivity index (χ2n) is 5.88. The van der Waals surface area contributed by atoms with Crippen molar-refractivity contribution in [2.45, 2.75) is 31.5 Å². The SMILES string of the molecule is Cl.NC1CCC(C(=O)Nc2nc(-c3cccc(C(F)(F)F)c3)cs2)C1. The van der Waals surface area contributed by atoms with E-state index in [9.17, 15) is 18.0 Å². The number of nitrogens with zero attached hydrogens (tertiary/aromatic N) is 1. The molecule has 4 nitrogen and oxygen atoms in total. The summed E-state index contributed by atoms with van der Waals surface area (Å²) in [7, 11) is 0. The number of halogens is 4. The second kappa shape index (κ2) is 7.72. The third kappa shape index (κ3) is 4.71. The number of nitrogens with two attached hydrogens (primary N) is 1. The zero-order valence-corrected chi connectivity index (χ0v) is 14.7. The zero-order chi connectivity index (χ0) is 17.3. The van der Waals surface area contributed by atoms with Crippen molar-refractivity contribution in [2.24, 2.45) is 11.7 Å². The molecule has 136 valence electrons. The largest absolute Gasteiger partial charge is 0.416 e. The monoisotopic (exact) mass is 391 g/mol. The molecule has 0 spiro atoms. The highest BCUT2D eigenvalue weighted by Crippen LogP contribution is 2.33. The summed E-state index contributed by atoms with van der Waals surface area (Å²) in [4.78, 5) is 16.4. The molecule has 0 radical (unpaired) electrons. The Morgan fingerprint density at radius 3 is 2.72 bits per heavy atom. The van der Waals surface area contributed by atoms with Crippen molar-refractivity contribution in [1.29, 1.82) is 0 Å². The van der Waals surface area contributed by atoms with Crippen LogP contribution in [0.25, 0.3) is 11.3 Å². The van der Waals surface area contributed by atoms with Gasteiger partial charge >= 0.3 is 6.18 Å². The predicted molar refractivity (Wildman–Crippen MR) is 93.7 cm³/mol. The molecule has 2 aromatic rings. The summed E-state index contributed by atoms with van der Waals surface area (Å²) < 4.78 is 38.3. The van der Waals surface area contributed by atoms with Crippen molar-refractivity contribution in [2.75, 3.05) is 5.32 Å². The van der Waals surface area contributed by atoms with Gasteiger partial charge in [0, 0.05) is 22.9 Å². The van der Waals surface area contributed by atoms with Gasteiger partial charge in [-0.2, -0.15) is 13.2 Å². The van der Waals surface area contributed by atoms with Gasteiger partial charge in [0.1, 0.15) is 0 Å². The lowest BCUT2D eigenvalue weighted by molar-refractivity contribution is -0.137. The number of benzene rings is 1. The van der Waals surface area contributed by atoms with Gasteiger partial charge in [-0.15, -0.1) is 23.7 Å². The van der Waals surface area contributed by atoms with Crippen molar-refractivity contribution in [3.8, 4) is 11.3 Å². The Balaban J connectivity index is 0.00000225. The summed E-state index contributed by atoms with van der Waals surface area (Å²) in [5.74, 6) is -0.256. The Labute approximate surface area is 153 Å². The number of thiazole rings is 1. The lowest BCUT2D eigenvalue weighted by atomic mass is 10.1. The normalized spacial score (nSPS) is 20.2. The second-order valence-corrected chi connectivity index (χ2v) is 6.73. The Bertz CT molecular complexity index is 750. The van der Waals surface area contributed by atoms with Gasteiger partial charge in [0.25, 0.3) is 0 Å². The van der Waals surface area contributed by atoms with Crippen LogP contribution in [0, 0.1) is 5.92 Å².